The van der Waals surface area contributed by atoms with Crippen molar-refractivity contribution in [2.75, 3.05) is 39.4 Å². The van der Waals surface area contributed by atoms with Crippen LogP contribution in [0.2, 0.25) is 0 Å². The van der Waals surface area contributed by atoms with Gasteiger partial charge in [-0.05, 0) is 31.9 Å². The molecule has 2 rings (SSSR count). The number of hydrogen-bond donors (Lipinski definition) is 2. The lowest BCUT2D eigenvalue weighted by atomic mass is 10.1. The van der Waals surface area contributed by atoms with Crippen LogP contribution in [0.1, 0.15) is 34.0 Å². The number of aryl methyl sites for hydroxylation is 2. The quantitative estimate of drug-likeness (QED) is 0.830. The Kier molecular flexibility index (Phi) is 5.97. The van der Waals surface area contributed by atoms with Gasteiger partial charge >= 0.3 is 0 Å². The third-order valence-electron chi connectivity index (χ3n) is 3.92. The predicted molar refractivity (Wildman–Crippen MR) is 88.7 cm³/mol. The first-order valence-corrected chi connectivity index (χ1v) is 8.63. The Bertz CT molecular complexity index is 507. The van der Waals surface area contributed by atoms with Gasteiger partial charge in [-0.1, -0.05) is 6.92 Å². The van der Waals surface area contributed by atoms with Crippen molar-refractivity contribution < 1.29 is 14.6 Å². The zero-order valence-corrected chi connectivity index (χ0v) is 14.5. The summed E-state index contributed by atoms with van der Waals surface area (Å²) in [5.41, 5.74) is 0.280. The Hall–Kier alpha value is -0.950. The average Bonchev–Trinajstić information content (AvgIpc) is 2.86. The Morgan fingerprint density at radius 3 is 2.77 bits per heavy atom. The van der Waals surface area contributed by atoms with Crippen LogP contribution in [0.4, 0.5) is 0 Å². The number of aliphatic hydroxyl groups is 1. The Morgan fingerprint density at radius 2 is 2.18 bits per heavy atom. The molecule has 2 N–H and O–H groups in total. The summed E-state index contributed by atoms with van der Waals surface area (Å²) in [4.78, 5) is 16.3. The number of ether oxygens (including phenoxy) is 1. The highest BCUT2D eigenvalue weighted by Crippen LogP contribution is 2.22. The van der Waals surface area contributed by atoms with Gasteiger partial charge in [0, 0.05) is 31.1 Å². The van der Waals surface area contributed by atoms with Crippen LogP contribution in [-0.4, -0.2) is 60.9 Å². The van der Waals surface area contributed by atoms with Crippen molar-refractivity contribution in [3.8, 4) is 0 Å². The predicted octanol–water partition coefficient (Wildman–Crippen LogP) is 1.43. The SMILES string of the molecule is CCc1cc(C(=O)NCC(C)(O)CN2CCOCC2)sc1C. The minimum atomic E-state index is -0.938. The summed E-state index contributed by atoms with van der Waals surface area (Å²) in [7, 11) is 0. The molecule has 22 heavy (non-hydrogen) atoms. The van der Waals surface area contributed by atoms with Gasteiger partial charge in [0.1, 0.15) is 0 Å². The van der Waals surface area contributed by atoms with E-state index in [2.05, 4.69) is 17.1 Å². The molecule has 5 nitrogen and oxygen atoms in total. The van der Waals surface area contributed by atoms with E-state index in [1.165, 1.54) is 21.8 Å². The van der Waals surface area contributed by atoms with E-state index in [0.717, 1.165) is 24.4 Å². The number of hydrogen-bond acceptors (Lipinski definition) is 5. The molecule has 1 aliphatic rings. The van der Waals surface area contributed by atoms with E-state index in [1.807, 2.05) is 13.0 Å². The second kappa shape index (κ2) is 7.55. The molecule has 124 valence electrons. The summed E-state index contributed by atoms with van der Waals surface area (Å²) in [5.74, 6) is -0.102. The summed E-state index contributed by atoms with van der Waals surface area (Å²) in [5, 5.41) is 13.3. The number of nitrogens with zero attached hydrogens (tertiary/aromatic N) is 1. The van der Waals surface area contributed by atoms with Crippen LogP contribution in [0, 0.1) is 6.92 Å². The molecule has 1 aromatic rings. The molecule has 0 bridgehead atoms. The largest absolute Gasteiger partial charge is 0.387 e. The molecule has 0 aromatic carbocycles. The number of morpholine rings is 1. The van der Waals surface area contributed by atoms with Crippen LogP contribution in [-0.2, 0) is 11.2 Å². The van der Waals surface area contributed by atoms with Crippen molar-refractivity contribution in [1.29, 1.82) is 0 Å². The van der Waals surface area contributed by atoms with Crippen LogP contribution in [0.25, 0.3) is 0 Å². The van der Waals surface area contributed by atoms with Gasteiger partial charge in [-0.3, -0.25) is 9.69 Å². The van der Waals surface area contributed by atoms with Crippen molar-refractivity contribution in [1.82, 2.24) is 10.2 Å². The van der Waals surface area contributed by atoms with E-state index in [9.17, 15) is 9.90 Å². The van der Waals surface area contributed by atoms with Crippen LogP contribution in [0.5, 0.6) is 0 Å². The van der Waals surface area contributed by atoms with Gasteiger partial charge in [-0.25, -0.2) is 0 Å². The monoisotopic (exact) mass is 326 g/mol. The second-order valence-corrected chi connectivity index (χ2v) is 7.37. The Labute approximate surface area is 136 Å². The molecule has 1 amide bonds. The lowest BCUT2D eigenvalue weighted by Gasteiger charge is -2.33. The molecule has 1 atom stereocenters. The smallest absolute Gasteiger partial charge is 0.261 e. The van der Waals surface area contributed by atoms with Crippen molar-refractivity contribution >= 4 is 17.2 Å². The zero-order chi connectivity index (χ0) is 16.2. The fraction of sp³-hybridized carbons (Fsp3) is 0.688. The fourth-order valence-corrected chi connectivity index (χ4v) is 3.67. The fourth-order valence-electron chi connectivity index (χ4n) is 2.64. The molecular weight excluding hydrogens is 300 g/mol. The molecule has 6 heteroatoms. The second-order valence-electron chi connectivity index (χ2n) is 6.11. The molecular formula is C16H26N2O3S. The molecule has 1 aliphatic heterocycles. The number of amides is 1. The molecule has 1 unspecified atom stereocenters. The Morgan fingerprint density at radius 1 is 1.50 bits per heavy atom. The molecule has 1 saturated heterocycles. The van der Waals surface area contributed by atoms with E-state index in [0.29, 0.717) is 19.8 Å². The first-order valence-electron chi connectivity index (χ1n) is 7.81. The average molecular weight is 326 g/mol. The van der Waals surface area contributed by atoms with Gasteiger partial charge < -0.3 is 15.2 Å². The highest BCUT2D eigenvalue weighted by molar-refractivity contribution is 7.14. The first kappa shape index (κ1) is 17.4. The van der Waals surface area contributed by atoms with Crippen LogP contribution in [0.3, 0.4) is 0 Å². The standard InChI is InChI=1S/C16H26N2O3S/c1-4-13-9-14(22-12(13)2)15(19)17-10-16(3,20)11-18-5-7-21-8-6-18/h9,20H,4-8,10-11H2,1-3H3,(H,17,19). The number of β-amino-alcohol motifs (C(OH)–C–C–N with tert-alkyl or cyclic N) is 1. The topological polar surface area (TPSA) is 61.8 Å². The molecule has 1 aromatic heterocycles. The maximum atomic E-state index is 12.2. The van der Waals surface area contributed by atoms with Crippen molar-refractivity contribution in [2.45, 2.75) is 32.8 Å². The lowest BCUT2D eigenvalue weighted by Crippen LogP contribution is -2.51. The number of thiophene rings is 1. The first-order chi connectivity index (χ1) is 10.4. The van der Waals surface area contributed by atoms with Crippen LogP contribution in [0.15, 0.2) is 6.07 Å². The molecule has 1 fully saturated rings. The summed E-state index contributed by atoms with van der Waals surface area (Å²) in [6.45, 7) is 9.75. The van der Waals surface area contributed by atoms with E-state index >= 15 is 0 Å². The van der Waals surface area contributed by atoms with Gasteiger partial charge in [-0.15, -0.1) is 11.3 Å². The van der Waals surface area contributed by atoms with Gasteiger partial charge in [0.05, 0.1) is 23.7 Å². The van der Waals surface area contributed by atoms with Crippen LogP contribution < -0.4 is 5.32 Å². The van der Waals surface area contributed by atoms with Gasteiger partial charge in [0.15, 0.2) is 0 Å². The number of carbonyl (C=O) groups excluding carboxylic acids is 1. The van der Waals surface area contributed by atoms with E-state index in [4.69, 9.17) is 4.74 Å². The van der Waals surface area contributed by atoms with Crippen molar-refractivity contribution in [2.24, 2.45) is 0 Å². The summed E-state index contributed by atoms with van der Waals surface area (Å²) in [6.07, 6.45) is 0.935. The molecule has 0 spiro atoms. The number of rotatable bonds is 6. The van der Waals surface area contributed by atoms with E-state index in [1.54, 1.807) is 6.92 Å². The normalized spacial score (nSPS) is 18.9. The third-order valence-corrected chi connectivity index (χ3v) is 5.01. The van der Waals surface area contributed by atoms with Gasteiger partial charge in [0.25, 0.3) is 5.91 Å². The maximum Gasteiger partial charge on any atom is 0.261 e. The molecule has 0 saturated carbocycles. The summed E-state index contributed by atoms with van der Waals surface area (Å²) < 4.78 is 5.30. The zero-order valence-electron chi connectivity index (χ0n) is 13.6. The minimum absolute atomic E-state index is 0.102. The molecule has 2 heterocycles. The van der Waals surface area contributed by atoms with Crippen molar-refractivity contribution in [3.63, 3.8) is 0 Å². The number of carbonyl (C=O) groups is 1. The van der Waals surface area contributed by atoms with Gasteiger partial charge in [-0.2, -0.15) is 0 Å². The van der Waals surface area contributed by atoms with Gasteiger partial charge in [0.2, 0.25) is 0 Å². The molecule has 0 aliphatic carbocycles. The van der Waals surface area contributed by atoms with Crippen molar-refractivity contribution in [3.05, 3.63) is 21.4 Å². The van der Waals surface area contributed by atoms with E-state index < -0.39 is 5.60 Å². The minimum Gasteiger partial charge on any atom is -0.387 e. The highest BCUT2D eigenvalue weighted by atomic mass is 32.1. The summed E-state index contributed by atoms with van der Waals surface area (Å²) >= 11 is 1.51. The number of nitrogens with one attached hydrogen (secondary N) is 1. The Balaban J connectivity index is 1.85. The summed E-state index contributed by atoms with van der Waals surface area (Å²) in [6, 6.07) is 1.95. The maximum absolute atomic E-state index is 12.2. The van der Waals surface area contributed by atoms with Crippen LogP contribution >= 0.6 is 11.3 Å². The lowest BCUT2D eigenvalue weighted by molar-refractivity contribution is -0.0213. The third kappa shape index (κ3) is 4.78. The van der Waals surface area contributed by atoms with E-state index in [-0.39, 0.29) is 12.5 Å². The highest BCUT2D eigenvalue weighted by Gasteiger charge is 2.26. The molecule has 0 radical (unpaired) electrons.